The molecule has 7 heteroatoms. The Morgan fingerprint density at radius 3 is 2.87 bits per heavy atom. The van der Waals surface area contributed by atoms with Gasteiger partial charge in [-0.25, -0.2) is 4.39 Å². The molecule has 1 heterocycles. The van der Waals surface area contributed by atoms with Crippen molar-refractivity contribution in [3.63, 3.8) is 0 Å². The molecule has 0 unspecified atom stereocenters. The molecule has 0 amide bonds. The Morgan fingerprint density at radius 1 is 1.20 bits per heavy atom. The summed E-state index contributed by atoms with van der Waals surface area (Å²) in [5, 5.41) is 8.97. The molecule has 0 fully saturated rings. The SMILES string of the molecule is C=CCn1c(COc2ccccc2F)nnc1SCC(=O)c1ccc2c(c1)CCC2. The smallest absolute Gasteiger partial charge is 0.192 e. The Hall–Kier alpha value is -2.93. The second kappa shape index (κ2) is 9.26. The van der Waals surface area contributed by atoms with Gasteiger partial charge in [0.25, 0.3) is 0 Å². The first kappa shape index (κ1) is 20.3. The van der Waals surface area contributed by atoms with E-state index in [2.05, 4.69) is 22.8 Å². The Labute approximate surface area is 179 Å². The van der Waals surface area contributed by atoms with Crippen LogP contribution in [0.2, 0.25) is 0 Å². The molecular weight excluding hydrogens is 401 g/mol. The van der Waals surface area contributed by atoms with Crippen LogP contribution < -0.4 is 4.74 Å². The Kier molecular flexibility index (Phi) is 6.28. The summed E-state index contributed by atoms with van der Waals surface area (Å²) in [6.07, 6.45) is 5.02. The predicted octanol–water partition coefficient (Wildman–Crippen LogP) is 4.65. The number of Topliss-reactive ketones (excluding diaryl/α,β-unsaturated/α-hetero) is 1. The lowest BCUT2D eigenvalue weighted by atomic mass is 10.0. The summed E-state index contributed by atoms with van der Waals surface area (Å²) >= 11 is 1.33. The highest BCUT2D eigenvalue weighted by Gasteiger charge is 2.17. The number of thioether (sulfide) groups is 1. The number of hydrogen-bond donors (Lipinski definition) is 0. The van der Waals surface area contributed by atoms with Crippen LogP contribution in [0.25, 0.3) is 0 Å². The number of aromatic nitrogens is 3. The third-order valence-corrected chi connectivity index (χ3v) is 6.02. The average Bonchev–Trinajstić information content (AvgIpc) is 3.38. The van der Waals surface area contributed by atoms with Crippen molar-refractivity contribution in [1.82, 2.24) is 14.8 Å². The number of fused-ring (bicyclic) bond motifs is 1. The highest BCUT2D eigenvalue weighted by atomic mass is 32.2. The summed E-state index contributed by atoms with van der Waals surface area (Å²) in [6.45, 7) is 4.31. The van der Waals surface area contributed by atoms with Crippen LogP contribution >= 0.6 is 11.8 Å². The summed E-state index contributed by atoms with van der Waals surface area (Å²) in [6, 6.07) is 12.2. The van der Waals surface area contributed by atoms with E-state index in [1.165, 1.54) is 29.0 Å². The van der Waals surface area contributed by atoms with E-state index in [9.17, 15) is 9.18 Å². The maximum Gasteiger partial charge on any atom is 0.192 e. The molecule has 0 atom stereocenters. The van der Waals surface area contributed by atoms with Crippen LogP contribution in [0, 0.1) is 5.82 Å². The van der Waals surface area contributed by atoms with Crippen LogP contribution in [0.1, 0.15) is 33.7 Å². The zero-order chi connectivity index (χ0) is 20.9. The molecule has 1 aliphatic rings. The highest BCUT2D eigenvalue weighted by molar-refractivity contribution is 7.99. The standard InChI is InChI=1S/C23H22FN3O2S/c1-2-12-27-22(14-29-21-9-4-3-8-19(21)24)25-26-23(27)30-15-20(28)18-11-10-16-6-5-7-17(16)13-18/h2-4,8-11,13H,1,5-7,12,14-15H2. The molecule has 0 saturated carbocycles. The molecule has 30 heavy (non-hydrogen) atoms. The van der Waals surface area contributed by atoms with Gasteiger partial charge in [0.05, 0.1) is 5.75 Å². The molecule has 3 aromatic rings. The average molecular weight is 424 g/mol. The summed E-state index contributed by atoms with van der Waals surface area (Å²) < 4.78 is 21.2. The van der Waals surface area contributed by atoms with Gasteiger partial charge in [-0.1, -0.05) is 42.1 Å². The lowest BCUT2D eigenvalue weighted by Gasteiger charge is -2.09. The van der Waals surface area contributed by atoms with Crippen molar-refractivity contribution in [1.29, 1.82) is 0 Å². The van der Waals surface area contributed by atoms with E-state index < -0.39 is 5.82 Å². The predicted molar refractivity (Wildman–Crippen MR) is 114 cm³/mol. The van der Waals surface area contributed by atoms with Gasteiger partial charge in [0.2, 0.25) is 0 Å². The molecule has 1 aliphatic carbocycles. The minimum absolute atomic E-state index is 0.0620. The molecule has 2 aromatic carbocycles. The highest BCUT2D eigenvalue weighted by Crippen LogP contribution is 2.25. The van der Waals surface area contributed by atoms with Gasteiger partial charge in [0.1, 0.15) is 6.61 Å². The van der Waals surface area contributed by atoms with Crippen molar-refractivity contribution in [2.24, 2.45) is 0 Å². The van der Waals surface area contributed by atoms with Gasteiger partial charge in [-0.05, 0) is 48.6 Å². The number of nitrogens with zero attached hydrogens (tertiary/aromatic N) is 3. The molecule has 5 nitrogen and oxygen atoms in total. The lowest BCUT2D eigenvalue weighted by Crippen LogP contribution is -2.09. The fourth-order valence-corrected chi connectivity index (χ4v) is 4.37. The summed E-state index contributed by atoms with van der Waals surface area (Å²) in [5.41, 5.74) is 3.37. The van der Waals surface area contributed by atoms with Gasteiger partial charge in [0, 0.05) is 12.1 Å². The molecule has 0 spiro atoms. The van der Waals surface area contributed by atoms with Crippen molar-refractivity contribution in [2.45, 2.75) is 37.6 Å². The molecule has 4 rings (SSSR count). The van der Waals surface area contributed by atoms with Crippen molar-refractivity contribution in [3.8, 4) is 5.75 Å². The van der Waals surface area contributed by atoms with E-state index in [1.54, 1.807) is 24.3 Å². The molecule has 0 saturated heterocycles. The van der Waals surface area contributed by atoms with Crippen LogP contribution in [-0.2, 0) is 26.0 Å². The van der Waals surface area contributed by atoms with Crippen molar-refractivity contribution < 1.29 is 13.9 Å². The molecule has 0 bridgehead atoms. The number of para-hydroxylation sites is 1. The van der Waals surface area contributed by atoms with E-state index in [1.807, 2.05) is 16.7 Å². The topological polar surface area (TPSA) is 57.0 Å². The third kappa shape index (κ3) is 4.46. The first-order valence-electron chi connectivity index (χ1n) is 9.84. The number of hydrogen-bond acceptors (Lipinski definition) is 5. The van der Waals surface area contributed by atoms with Gasteiger partial charge in [0.15, 0.2) is 28.3 Å². The number of allylic oxidation sites excluding steroid dienone is 1. The number of rotatable bonds is 9. The van der Waals surface area contributed by atoms with Crippen LogP contribution in [0.5, 0.6) is 5.75 Å². The van der Waals surface area contributed by atoms with Gasteiger partial charge < -0.3 is 4.74 Å². The van der Waals surface area contributed by atoms with Crippen LogP contribution in [-0.4, -0.2) is 26.3 Å². The summed E-state index contributed by atoms with van der Waals surface area (Å²) in [4.78, 5) is 12.7. The first-order valence-corrected chi connectivity index (χ1v) is 10.8. The largest absolute Gasteiger partial charge is 0.483 e. The van der Waals surface area contributed by atoms with Crippen molar-refractivity contribution in [2.75, 3.05) is 5.75 Å². The fraction of sp³-hybridized carbons (Fsp3) is 0.261. The second-order valence-electron chi connectivity index (χ2n) is 7.07. The first-order chi connectivity index (χ1) is 14.7. The maximum absolute atomic E-state index is 13.8. The minimum atomic E-state index is -0.429. The Morgan fingerprint density at radius 2 is 2.03 bits per heavy atom. The van der Waals surface area contributed by atoms with E-state index in [0.717, 1.165) is 24.8 Å². The lowest BCUT2D eigenvalue weighted by molar-refractivity contribution is 0.102. The quantitative estimate of drug-likeness (QED) is 0.285. The number of carbonyl (C=O) groups excluding carboxylic acids is 1. The number of aryl methyl sites for hydroxylation is 2. The molecule has 0 N–H and O–H groups in total. The van der Waals surface area contributed by atoms with Crippen molar-refractivity contribution >= 4 is 17.5 Å². The zero-order valence-corrected chi connectivity index (χ0v) is 17.3. The number of carbonyl (C=O) groups is 1. The van der Waals surface area contributed by atoms with Crippen LogP contribution in [0.3, 0.4) is 0 Å². The van der Waals surface area contributed by atoms with E-state index in [-0.39, 0.29) is 23.9 Å². The number of benzene rings is 2. The number of halogens is 1. The van der Waals surface area contributed by atoms with E-state index in [4.69, 9.17) is 4.74 Å². The monoisotopic (exact) mass is 423 g/mol. The van der Waals surface area contributed by atoms with E-state index >= 15 is 0 Å². The normalized spacial score (nSPS) is 12.6. The minimum Gasteiger partial charge on any atom is -0.483 e. The van der Waals surface area contributed by atoms with Gasteiger partial charge in [-0.15, -0.1) is 16.8 Å². The summed E-state index contributed by atoms with van der Waals surface area (Å²) in [7, 11) is 0. The molecular formula is C23H22FN3O2S. The fourth-order valence-electron chi connectivity index (χ4n) is 3.51. The Bertz CT molecular complexity index is 1080. The maximum atomic E-state index is 13.8. The van der Waals surface area contributed by atoms with Gasteiger partial charge >= 0.3 is 0 Å². The third-order valence-electron chi connectivity index (χ3n) is 5.05. The molecule has 0 radical (unpaired) electrons. The van der Waals surface area contributed by atoms with Crippen LogP contribution in [0.15, 0.2) is 60.3 Å². The van der Waals surface area contributed by atoms with Gasteiger partial charge in [-0.3, -0.25) is 9.36 Å². The van der Waals surface area contributed by atoms with E-state index in [0.29, 0.717) is 17.5 Å². The summed E-state index contributed by atoms with van der Waals surface area (Å²) in [5.74, 6) is 0.605. The zero-order valence-electron chi connectivity index (χ0n) is 16.5. The molecule has 0 aliphatic heterocycles. The molecule has 154 valence electrons. The Balaban J connectivity index is 1.43. The second-order valence-corrected chi connectivity index (χ2v) is 8.01. The van der Waals surface area contributed by atoms with Gasteiger partial charge in [-0.2, -0.15) is 0 Å². The molecule has 1 aromatic heterocycles. The number of ether oxygens (including phenoxy) is 1. The van der Waals surface area contributed by atoms with Crippen LogP contribution in [0.4, 0.5) is 4.39 Å². The number of ketones is 1. The van der Waals surface area contributed by atoms with Crippen molar-refractivity contribution in [3.05, 3.63) is 83.5 Å².